The maximum absolute atomic E-state index is 9.22. The molecule has 6 nitrogen and oxygen atoms in total. The number of rotatable bonds is 2. The van der Waals surface area contributed by atoms with Crippen molar-refractivity contribution in [1.82, 2.24) is 0 Å². The summed E-state index contributed by atoms with van der Waals surface area (Å²) in [6, 6.07) is 0. The molecule has 0 radical (unpaired) electrons. The number of hydrogen-bond acceptors (Lipinski definition) is 4. The third-order valence-electron chi connectivity index (χ3n) is 0.612. The molecule has 68 valence electrons. The zero-order valence-corrected chi connectivity index (χ0v) is 7.22. The van der Waals surface area contributed by atoms with Crippen LogP contribution in [0.25, 0.3) is 0 Å². The van der Waals surface area contributed by atoms with Crippen molar-refractivity contribution in [2.24, 2.45) is 5.73 Å². The first-order valence-corrected chi connectivity index (χ1v) is 4.05. The van der Waals surface area contributed by atoms with Gasteiger partial charge in [0, 0.05) is 6.42 Å². The lowest BCUT2D eigenvalue weighted by Crippen LogP contribution is -2.44. The molecular weight excluding hydrogens is 172 g/mol. The zero-order chi connectivity index (χ0) is 9.49. The van der Waals surface area contributed by atoms with Crippen LogP contribution in [0.1, 0.15) is 13.3 Å². The third-order valence-corrected chi connectivity index (χ3v) is 1.02. The fraction of sp³-hybridized carbons (Fsp3) is 0.750. The minimum Gasteiger partial charge on any atom is -0.726 e. The molecule has 0 rings (SSSR count). The summed E-state index contributed by atoms with van der Waals surface area (Å²) in [7, 11) is -3.60. The van der Waals surface area contributed by atoms with Gasteiger partial charge in [-0.3, -0.25) is 15.3 Å². The molecule has 0 aromatic heterocycles. The summed E-state index contributed by atoms with van der Waals surface area (Å²) in [4.78, 5) is 0. The van der Waals surface area contributed by atoms with Crippen molar-refractivity contribution >= 4 is 16.2 Å². The van der Waals surface area contributed by atoms with Gasteiger partial charge in [-0.25, -0.2) is 8.42 Å². The average Bonchev–Trinajstić information content (AvgIpc) is 1.88. The minimum atomic E-state index is -4.41. The van der Waals surface area contributed by atoms with E-state index < -0.39 is 10.4 Å². The van der Waals surface area contributed by atoms with Gasteiger partial charge in [-0.2, -0.15) is 0 Å². The molecule has 0 aromatic rings. The van der Waals surface area contributed by atoms with Crippen LogP contribution in [-0.2, 0) is 14.6 Å². The predicted molar refractivity (Wildman–Crippen MR) is 38.1 cm³/mol. The Labute approximate surface area is 65.8 Å². The van der Waals surface area contributed by atoms with Crippen molar-refractivity contribution in [1.29, 1.82) is 0 Å². The lowest BCUT2D eigenvalue weighted by molar-refractivity contribution is -0.117. The van der Waals surface area contributed by atoms with Gasteiger partial charge in [-0.1, -0.05) is 6.92 Å². The molecule has 0 aromatic carbocycles. The third kappa shape index (κ3) is 26.7. The Morgan fingerprint density at radius 2 is 1.91 bits per heavy atom. The second-order valence-corrected chi connectivity index (χ2v) is 2.65. The molecule has 11 heavy (non-hydrogen) atoms. The molecule has 0 unspecified atom stereocenters. The minimum absolute atomic E-state index is 0.505. The fourth-order valence-corrected chi connectivity index (χ4v) is 0. The summed E-state index contributed by atoms with van der Waals surface area (Å²) in [5.41, 5.74) is 4.99. The van der Waals surface area contributed by atoms with E-state index >= 15 is 0 Å². The van der Waals surface area contributed by atoms with E-state index in [1.165, 1.54) is 0 Å². The summed E-state index contributed by atoms with van der Waals surface area (Å²) < 4.78 is 31.0. The van der Waals surface area contributed by atoms with E-state index in [9.17, 15) is 13.0 Å². The molecule has 0 amide bonds. The highest BCUT2D eigenvalue weighted by molar-refractivity contribution is 7.80. The maximum Gasteiger partial charge on any atom is 0.237 e. The number of nitrogens with two attached hydrogens (primary N) is 2. The van der Waals surface area contributed by atoms with Crippen LogP contribution < -0.4 is 11.1 Å². The second kappa shape index (κ2) is 6.08. The first-order valence-electron chi connectivity index (χ1n) is 2.71. The zero-order valence-electron chi connectivity index (χ0n) is 6.40. The molecule has 0 aliphatic carbocycles. The Morgan fingerprint density at radius 3 is 1.91 bits per heavy atom. The van der Waals surface area contributed by atoms with Gasteiger partial charge in [0.15, 0.2) is 0 Å². The lowest BCUT2D eigenvalue weighted by Gasteiger charge is -1.98. The van der Waals surface area contributed by atoms with Crippen LogP contribution in [0.5, 0.6) is 0 Å². The summed E-state index contributed by atoms with van der Waals surface area (Å²) >= 11 is 0. The van der Waals surface area contributed by atoms with Crippen LogP contribution in [0.4, 0.5) is 0 Å². The van der Waals surface area contributed by atoms with Crippen LogP contribution in [0, 0.1) is 0 Å². The van der Waals surface area contributed by atoms with E-state index in [1.807, 2.05) is 6.92 Å². The molecule has 4 N–H and O–H groups in total. The summed E-state index contributed by atoms with van der Waals surface area (Å²) in [6.07, 6.45) is 0.778. The topological polar surface area (TPSA) is 118 Å². The van der Waals surface area contributed by atoms with Crippen LogP contribution >= 0.6 is 0 Å². The monoisotopic (exact) mass is 184 g/mol. The van der Waals surface area contributed by atoms with Crippen LogP contribution in [0.3, 0.4) is 0 Å². The molecule has 0 aliphatic heterocycles. The Bertz CT molecular complexity index is 198. The first-order chi connectivity index (χ1) is 4.83. The van der Waals surface area contributed by atoms with E-state index in [-0.39, 0.29) is 0 Å². The summed E-state index contributed by atoms with van der Waals surface area (Å²) in [6.45, 7) is 1.91. The highest BCUT2D eigenvalue weighted by Gasteiger charge is 1.79. The standard InChI is InChI=1S/C3H8N2.CH4O4S/c1-2-3(4)5;1-5-6(2,3)4/h2H2,1H3,(H3,4,5);1H3,(H,2,3,4). The van der Waals surface area contributed by atoms with Gasteiger partial charge < -0.3 is 4.55 Å². The Hall–Kier alpha value is -0.660. The largest absolute Gasteiger partial charge is 0.726 e. The Balaban J connectivity index is 0. The molecular formula is C4H12N2O4S. The van der Waals surface area contributed by atoms with E-state index in [2.05, 4.69) is 4.18 Å². The van der Waals surface area contributed by atoms with Crippen molar-refractivity contribution in [2.45, 2.75) is 13.3 Å². The van der Waals surface area contributed by atoms with E-state index in [4.69, 9.17) is 11.1 Å². The summed E-state index contributed by atoms with van der Waals surface area (Å²) in [5, 5.41) is 4.99. The first kappa shape index (κ1) is 13.0. The van der Waals surface area contributed by atoms with Crippen molar-refractivity contribution in [3.63, 3.8) is 0 Å². The van der Waals surface area contributed by atoms with Gasteiger partial charge in [-0.15, -0.1) is 0 Å². The highest BCUT2D eigenvalue weighted by Crippen LogP contribution is 1.74. The van der Waals surface area contributed by atoms with E-state index in [0.29, 0.717) is 5.84 Å². The van der Waals surface area contributed by atoms with Crippen molar-refractivity contribution < 1.29 is 22.6 Å². The lowest BCUT2D eigenvalue weighted by atomic mass is 10.5. The molecule has 0 heterocycles. The molecule has 0 aliphatic rings. The Morgan fingerprint density at radius 1 is 1.73 bits per heavy atom. The quantitative estimate of drug-likeness (QED) is 0.215. The van der Waals surface area contributed by atoms with Crippen molar-refractivity contribution in [3.8, 4) is 0 Å². The molecule has 7 heteroatoms. The van der Waals surface area contributed by atoms with Gasteiger partial charge in [0.1, 0.15) is 0 Å². The molecule has 0 spiro atoms. The predicted octanol–water partition coefficient (Wildman–Crippen LogP) is -2.39. The smallest absolute Gasteiger partial charge is 0.237 e. The van der Waals surface area contributed by atoms with Gasteiger partial charge in [0.05, 0.1) is 7.11 Å². The van der Waals surface area contributed by atoms with Gasteiger partial charge in [0.25, 0.3) is 0 Å². The van der Waals surface area contributed by atoms with Crippen LogP contribution in [0.2, 0.25) is 0 Å². The highest BCUT2D eigenvalue weighted by atomic mass is 32.3. The van der Waals surface area contributed by atoms with E-state index in [0.717, 1.165) is 13.5 Å². The van der Waals surface area contributed by atoms with Crippen LogP contribution in [0.15, 0.2) is 0 Å². The average molecular weight is 184 g/mol. The SMILES string of the molecule is CCC(N)=[NH2+].COS(=O)(=O)[O-]. The molecule has 0 saturated carbocycles. The molecule has 0 bridgehead atoms. The van der Waals surface area contributed by atoms with Crippen molar-refractivity contribution in [3.05, 3.63) is 0 Å². The van der Waals surface area contributed by atoms with Gasteiger partial charge in [-0.05, 0) is 0 Å². The second-order valence-electron chi connectivity index (χ2n) is 1.50. The number of hydrogen-bond donors (Lipinski definition) is 2. The van der Waals surface area contributed by atoms with E-state index in [1.54, 1.807) is 0 Å². The van der Waals surface area contributed by atoms with Crippen molar-refractivity contribution in [2.75, 3.05) is 7.11 Å². The summed E-state index contributed by atoms with van der Waals surface area (Å²) in [5.74, 6) is 0.505. The maximum atomic E-state index is 9.22. The molecule has 0 fully saturated rings. The number of amidine groups is 1. The fourth-order valence-electron chi connectivity index (χ4n) is 0. The molecule has 0 atom stereocenters. The van der Waals surface area contributed by atoms with Gasteiger partial charge in [0.2, 0.25) is 16.2 Å². The Kier molecular flexibility index (Phi) is 7.16. The molecule has 0 saturated heterocycles. The van der Waals surface area contributed by atoms with Crippen LogP contribution in [-0.4, -0.2) is 25.9 Å². The van der Waals surface area contributed by atoms with Gasteiger partial charge >= 0.3 is 0 Å². The normalized spacial score (nSPS) is 9.73.